The number of nitrogens with one attached hydrogen (secondary N) is 1. The molecule has 10 nitrogen and oxygen atoms in total. The lowest BCUT2D eigenvalue weighted by Crippen LogP contribution is -2.33. The zero-order valence-electron chi connectivity index (χ0n) is 10.9. The van der Waals surface area contributed by atoms with E-state index in [0.717, 1.165) is 0 Å². The Morgan fingerprint density at radius 1 is 1.19 bits per heavy atom. The van der Waals surface area contributed by atoms with Gasteiger partial charge >= 0.3 is 0 Å². The molecule has 0 aromatic carbocycles. The van der Waals surface area contributed by atoms with E-state index in [2.05, 4.69) is 20.3 Å². The monoisotopic (exact) mass is 297 g/mol. The fraction of sp³-hybridized carbons (Fsp3) is 0.545. The molecule has 1 fully saturated rings. The summed E-state index contributed by atoms with van der Waals surface area (Å²) < 4.78 is 6.88. The Morgan fingerprint density at radius 3 is 2.67 bits per heavy atom. The van der Waals surface area contributed by atoms with Crippen molar-refractivity contribution in [1.29, 1.82) is 0 Å². The van der Waals surface area contributed by atoms with Crippen LogP contribution < -0.4 is 5.32 Å². The van der Waals surface area contributed by atoms with Gasteiger partial charge in [0.2, 0.25) is 0 Å². The molecule has 1 saturated heterocycles. The van der Waals surface area contributed by atoms with Crippen molar-refractivity contribution in [1.82, 2.24) is 19.5 Å². The predicted molar refractivity (Wildman–Crippen MR) is 69.0 cm³/mol. The van der Waals surface area contributed by atoms with Crippen LogP contribution in [0.3, 0.4) is 0 Å². The number of aromatic nitrogens is 4. The maximum Gasteiger partial charge on any atom is 0.167 e. The molecule has 1 aliphatic rings. The number of fused-ring (bicyclic) bond motifs is 1. The number of ether oxygens (including phenoxy) is 1. The van der Waals surface area contributed by atoms with Gasteiger partial charge in [-0.3, -0.25) is 4.57 Å². The van der Waals surface area contributed by atoms with E-state index in [1.807, 2.05) is 0 Å². The number of hydrogen-bond acceptors (Lipinski definition) is 9. The van der Waals surface area contributed by atoms with Crippen LogP contribution in [0.1, 0.15) is 6.23 Å². The van der Waals surface area contributed by atoms with E-state index in [0.29, 0.717) is 17.0 Å². The highest BCUT2D eigenvalue weighted by Crippen LogP contribution is 2.31. The highest BCUT2D eigenvalue weighted by atomic mass is 16.6. The van der Waals surface area contributed by atoms with Crippen LogP contribution in [0.15, 0.2) is 12.7 Å². The van der Waals surface area contributed by atoms with Gasteiger partial charge in [0.05, 0.1) is 12.9 Å². The number of nitrogens with zero attached hydrogens (tertiary/aromatic N) is 4. The third kappa shape index (κ3) is 2.22. The predicted octanol–water partition coefficient (Wildman–Crippen LogP) is -2.20. The van der Waals surface area contributed by atoms with Gasteiger partial charge in [-0.15, -0.1) is 0 Å². The van der Waals surface area contributed by atoms with E-state index < -0.39 is 31.1 Å². The van der Waals surface area contributed by atoms with Crippen LogP contribution in [0, 0.1) is 0 Å². The highest BCUT2D eigenvalue weighted by molar-refractivity contribution is 5.82. The van der Waals surface area contributed by atoms with Gasteiger partial charge in [-0.2, -0.15) is 0 Å². The molecule has 2 aromatic heterocycles. The zero-order chi connectivity index (χ0) is 15.0. The molecule has 3 rings (SSSR count). The SMILES string of the molecule is OCNc1ncnc2c1ncn2[C@@H]1O[C@H](CO)[C@@H](O)[C@H]1O. The Balaban J connectivity index is 2.00. The molecule has 1 aliphatic heterocycles. The fourth-order valence-corrected chi connectivity index (χ4v) is 2.35. The summed E-state index contributed by atoms with van der Waals surface area (Å²) >= 11 is 0. The average Bonchev–Trinajstić information content (AvgIpc) is 3.03. The number of aliphatic hydroxyl groups excluding tert-OH is 4. The van der Waals surface area contributed by atoms with E-state index in [-0.39, 0.29) is 6.73 Å². The molecule has 0 radical (unpaired) electrons. The quantitative estimate of drug-likeness (QED) is 0.397. The first kappa shape index (κ1) is 14.1. The summed E-state index contributed by atoms with van der Waals surface area (Å²) in [7, 11) is 0. The Hall–Kier alpha value is -1.85. The maximum absolute atomic E-state index is 10.0. The van der Waals surface area contributed by atoms with Gasteiger partial charge < -0.3 is 30.5 Å². The van der Waals surface area contributed by atoms with E-state index >= 15 is 0 Å². The second-order valence-electron chi connectivity index (χ2n) is 4.61. The van der Waals surface area contributed by atoms with Crippen LogP contribution in [0.2, 0.25) is 0 Å². The topological polar surface area (TPSA) is 146 Å². The molecular formula is C11H15N5O5. The first-order valence-corrected chi connectivity index (χ1v) is 6.32. The number of hydrogen-bond donors (Lipinski definition) is 5. The van der Waals surface area contributed by atoms with E-state index in [1.54, 1.807) is 0 Å². The van der Waals surface area contributed by atoms with Gasteiger partial charge in [-0.1, -0.05) is 0 Å². The average molecular weight is 297 g/mol. The molecule has 4 atom stereocenters. The van der Waals surface area contributed by atoms with Crippen molar-refractivity contribution in [3.8, 4) is 0 Å². The molecule has 10 heteroatoms. The van der Waals surface area contributed by atoms with Crippen LogP contribution in [0.25, 0.3) is 11.2 Å². The molecule has 0 saturated carbocycles. The minimum atomic E-state index is -1.22. The van der Waals surface area contributed by atoms with Crippen molar-refractivity contribution < 1.29 is 25.2 Å². The van der Waals surface area contributed by atoms with Crippen LogP contribution >= 0.6 is 0 Å². The largest absolute Gasteiger partial charge is 0.394 e. The summed E-state index contributed by atoms with van der Waals surface area (Å²) in [6, 6.07) is 0. The highest BCUT2D eigenvalue weighted by Gasteiger charge is 2.43. The van der Waals surface area contributed by atoms with Crippen molar-refractivity contribution in [3.05, 3.63) is 12.7 Å². The number of imidazole rings is 1. The van der Waals surface area contributed by atoms with Gasteiger partial charge in [0.15, 0.2) is 23.2 Å². The summed E-state index contributed by atoms with van der Waals surface area (Å²) in [5.41, 5.74) is 0.764. The molecule has 3 heterocycles. The Morgan fingerprint density at radius 2 is 2.00 bits per heavy atom. The Labute approximate surface area is 118 Å². The molecule has 0 aliphatic carbocycles. The van der Waals surface area contributed by atoms with Gasteiger partial charge in [-0.25, -0.2) is 15.0 Å². The minimum absolute atomic E-state index is 0.313. The summed E-state index contributed by atoms with van der Waals surface area (Å²) in [4.78, 5) is 12.1. The molecule has 0 unspecified atom stereocenters. The summed E-state index contributed by atoms with van der Waals surface area (Å²) in [5.74, 6) is 0.341. The Kier molecular flexibility index (Phi) is 3.69. The molecular weight excluding hydrogens is 282 g/mol. The van der Waals surface area contributed by atoms with Crippen LogP contribution in [-0.2, 0) is 4.74 Å². The Bertz CT molecular complexity index is 634. The lowest BCUT2D eigenvalue weighted by Gasteiger charge is -2.16. The second-order valence-corrected chi connectivity index (χ2v) is 4.61. The third-order valence-electron chi connectivity index (χ3n) is 3.40. The van der Waals surface area contributed by atoms with Crippen molar-refractivity contribution in [3.63, 3.8) is 0 Å². The lowest BCUT2D eigenvalue weighted by molar-refractivity contribution is -0.0511. The van der Waals surface area contributed by atoms with Crippen molar-refractivity contribution in [2.24, 2.45) is 0 Å². The van der Waals surface area contributed by atoms with Crippen molar-refractivity contribution >= 4 is 17.0 Å². The van der Waals surface area contributed by atoms with E-state index in [1.165, 1.54) is 17.2 Å². The van der Waals surface area contributed by atoms with Gasteiger partial charge in [-0.05, 0) is 0 Å². The molecule has 5 N–H and O–H groups in total. The number of anilines is 1. The minimum Gasteiger partial charge on any atom is -0.394 e. The van der Waals surface area contributed by atoms with Crippen LogP contribution in [0.4, 0.5) is 5.82 Å². The lowest BCUT2D eigenvalue weighted by atomic mass is 10.1. The second kappa shape index (κ2) is 5.50. The first-order valence-electron chi connectivity index (χ1n) is 6.32. The first-order chi connectivity index (χ1) is 10.2. The smallest absolute Gasteiger partial charge is 0.167 e. The van der Waals surface area contributed by atoms with Crippen molar-refractivity contribution in [2.45, 2.75) is 24.5 Å². The molecule has 21 heavy (non-hydrogen) atoms. The zero-order valence-corrected chi connectivity index (χ0v) is 10.9. The number of rotatable bonds is 4. The summed E-state index contributed by atoms with van der Waals surface area (Å²) in [5, 5.41) is 40.5. The summed E-state index contributed by atoms with van der Waals surface area (Å²) in [6.45, 7) is -0.722. The summed E-state index contributed by atoms with van der Waals surface area (Å²) in [6.07, 6.45) is -1.54. The standard InChI is InChI=1S/C11H15N5O5/c17-1-5-7(19)8(20)11(21-5)16-3-14-6-9(15-4-18)12-2-13-10(6)16/h2-3,5,7-8,11,17-20H,1,4H2,(H,12,13,15)/t5-,7-,8-,11-/m1/s1. The molecule has 114 valence electrons. The molecule has 0 bridgehead atoms. The molecule has 2 aromatic rings. The molecule has 0 amide bonds. The van der Waals surface area contributed by atoms with Gasteiger partial charge in [0.1, 0.15) is 31.4 Å². The maximum atomic E-state index is 10.0. The third-order valence-corrected chi connectivity index (χ3v) is 3.40. The normalized spacial score (nSPS) is 29.1. The van der Waals surface area contributed by atoms with Gasteiger partial charge in [0, 0.05) is 0 Å². The van der Waals surface area contributed by atoms with Crippen molar-refractivity contribution in [2.75, 3.05) is 18.7 Å². The van der Waals surface area contributed by atoms with E-state index in [4.69, 9.17) is 14.9 Å². The van der Waals surface area contributed by atoms with Crippen LogP contribution in [-0.4, -0.2) is 71.6 Å². The number of aliphatic hydroxyl groups is 4. The van der Waals surface area contributed by atoms with Gasteiger partial charge in [0.25, 0.3) is 0 Å². The van der Waals surface area contributed by atoms with Crippen LogP contribution in [0.5, 0.6) is 0 Å². The van der Waals surface area contributed by atoms with E-state index in [9.17, 15) is 10.2 Å². The fourth-order valence-electron chi connectivity index (χ4n) is 2.35. The molecule has 0 spiro atoms.